The molecule has 0 saturated carbocycles. The van der Waals surface area contributed by atoms with Crippen LogP contribution in [0.4, 0.5) is 13.2 Å². The lowest BCUT2D eigenvalue weighted by atomic mass is 10.1. The van der Waals surface area contributed by atoms with Crippen LogP contribution in [0.3, 0.4) is 0 Å². The van der Waals surface area contributed by atoms with E-state index in [1.807, 2.05) is 21.0 Å². The second-order valence-electron chi connectivity index (χ2n) is 4.87. The van der Waals surface area contributed by atoms with Crippen LogP contribution in [0, 0.1) is 0 Å². The van der Waals surface area contributed by atoms with Gasteiger partial charge in [0.15, 0.2) is 0 Å². The van der Waals surface area contributed by atoms with Crippen LogP contribution in [0.25, 0.3) is 0 Å². The lowest BCUT2D eigenvalue weighted by Gasteiger charge is -2.15. The summed E-state index contributed by atoms with van der Waals surface area (Å²) < 4.78 is 35.7. The monoisotopic (exact) mass is 254 g/mol. The number of nitrogens with zero attached hydrogens (tertiary/aromatic N) is 1. The number of alkyl halides is 3. The van der Waals surface area contributed by atoms with Gasteiger partial charge in [-0.25, -0.2) is 0 Å². The summed E-state index contributed by atoms with van der Waals surface area (Å²) in [5.41, 5.74) is 0. The fourth-order valence-electron chi connectivity index (χ4n) is 1.61. The van der Waals surface area contributed by atoms with Crippen LogP contribution >= 0.6 is 0 Å². The van der Waals surface area contributed by atoms with Gasteiger partial charge in [-0.3, -0.25) is 0 Å². The smallest absolute Gasteiger partial charge is 0.314 e. The minimum absolute atomic E-state index is 0.178. The Morgan fingerprint density at radius 1 is 1.12 bits per heavy atom. The SMILES string of the molecule is CC(CCCC(F)(F)F)NCCCCN(C)C. The van der Waals surface area contributed by atoms with E-state index < -0.39 is 12.6 Å². The van der Waals surface area contributed by atoms with Crippen molar-refractivity contribution in [3.05, 3.63) is 0 Å². The summed E-state index contributed by atoms with van der Waals surface area (Å²) in [5.74, 6) is 0. The van der Waals surface area contributed by atoms with E-state index in [0.29, 0.717) is 6.42 Å². The van der Waals surface area contributed by atoms with Crippen molar-refractivity contribution in [2.24, 2.45) is 0 Å². The Balaban J connectivity index is 3.32. The molecule has 0 rings (SSSR count). The van der Waals surface area contributed by atoms with Crippen LogP contribution in [0.5, 0.6) is 0 Å². The van der Waals surface area contributed by atoms with Crippen molar-refractivity contribution in [2.75, 3.05) is 27.2 Å². The number of hydrogen-bond donors (Lipinski definition) is 1. The first-order valence-corrected chi connectivity index (χ1v) is 6.26. The predicted octanol–water partition coefficient (Wildman–Crippen LogP) is 3.04. The molecule has 0 spiro atoms. The lowest BCUT2D eigenvalue weighted by molar-refractivity contribution is -0.135. The van der Waals surface area contributed by atoms with Crippen LogP contribution in [0.2, 0.25) is 0 Å². The maximum absolute atomic E-state index is 11.9. The fraction of sp³-hybridized carbons (Fsp3) is 1.00. The Kier molecular flexibility index (Phi) is 8.60. The summed E-state index contributed by atoms with van der Waals surface area (Å²) in [6.45, 7) is 3.90. The standard InChI is InChI=1S/C12H25F3N2/c1-11(7-6-8-12(13,14)15)16-9-4-5-10-17(2)3/h11,16H,4-10H2,1-3H3. The zero-order chi connectivity index (χ0) is 13.3. The average Bonchev–Trinajstić information content (AvgIpc) is 2.14. The largest absolute Gasteiger partial charge is 0.389 e. The maximum atomic E-state index is 11.9. The van der Waals surface area contributed by atoms with E-state index in [-0.39, 0.29) is 12.5 Å². The van der Waals surface area contributed by atoms with Gasteiger partial charge in [-0.1, -0.05) is 0 Å². The van der Waals surface area contributed by atoms with Crippen LogP contribution < -0.4 is 5.32 Å². The molecule has 0 aromatic heterocycles. The number of halogens is 3. The minimum Gasteiger partial charge on any atom is -0.314 e. The fourth-order valence-corrected chi connectivity index (χ4v) is 1.61. The molecule has 1 unspecified atom stereocenters. The van der Waals surface area contributed by atoms with Crippen LogP contribution in [-0.2, 0) is 0 Å². The Morgan fingerprint density at radius 3 is 2.29 bits per heavy atom. The molecule has 1 N–H and O–H groups in total. The molecule has 0 fully saturated rings. The van der Waals surface area contributed by atoms with Crippen molar-refractivity contribution in [1.29, 1.82) is 0 Å². The Morgan fingerprint density at radius 2 is 1.76 bits per heavy atom. The summed E-state index contributed by atoms with van der Waals surface area (Å²) in [5, 5.41) is 3.26. The van der Waals surface area contributed by atoms with Crippen molar-refractivity contribution in [3.63, 3.8) is 0 Å². The van der Waals surface area contributed by atoms with E-state index in [1.54, 1.807) is 0 Å². The topological polar surface area (TPSA) is 15.3 Å². The van der Waals surface area contributed by atoms with Gasteiger partial charge in [-0.2, -0.15) is 13.2 Å². The number of unbranched alkanes of at least 4 members (excludes halogenated alkanes) is 1. The summed E-state index contributed by atoms with van der Waals surface area (Å²) in [6, 6.07) is 0.178. The molecule has 104 valence electrons. The van der Waals surface area contributed by atoms with Crippen molar-refractivity contribution in [3.8, 4) is 0 Å². The van der Waals surface area contributed by atoms with Gasteiger partial charge in [0.25, 0.3) is 0 Å². The molecule has 0 aliphatic heterocycles. The first kappa shape index (κ1) is 16.7. The zero-order valence-electron chi connectivity index (χ0n) is 11.1. The normalized spacial score (nSPS) is 14.3. The van der Waals surface area contributed by atoms with Gasteiger partial charge in [-0.05, 0) is 59.8 Å². The first-order valence-electron chi connectivity index (χ1n) is 6.26. The van der Waals surface area contributed by atoms with Crippen molar-refractivity contribution in [2.45, 2.75) is 51.2 Å². The van der Waals surface area contributed by atoms with Gasteiger partial charge in [0, 0.05) is 12.5 Å². The molecule has 0 aromatic rings. The molecule has 0 bridgehead atoms. The third kappa shape index (κ3) is 13.6. The highest BCUT2D eigenvalue weighted by molar-refractivity contribution is 4.62. The van der Waals surface area contributed by atoms with E-state index in [9.17, 15) is 13.2 Å². The quantitative estimate of drug-likeness (QED) is 0.636. The second-order valence-corrected chi connectivity index (χ2v) is 4.87. The highest BCUT2D eigenvalue weighted by Gasteiger charge is 2.26. The first-order chi connectivity index (χ1) is 7.81. The van der Waals surface area contributed by atoms with Gasteiger partial charge in [0.1, 0.15) is 0 Å². The summed E-state index contributed by atoms with van der Waals surface area (Å²) in [6.07, 6.45) is -1.68. The van der Waals surface area contributed by atoms with Gasteiger partial charge in [-0.15, -0.1) is 0 Å². The highest BCUT2D eigenvalue weighted by Crippen LogP contribution is 2.22. The molecule has 1 atom stereocenters. The molecular formula is C12H25F3N2. The van der Waals surface area contributed by atoms with E-state index in [4.69, 9.17) is 0 Å². The molecule has 2 nitrogen and oxygen atoms in total. The predicted molar refractivity (Wildman–Crippen MR) is 65.2 cm³/mol. The van der Waals surface area contributed by atoms with Crippen LogP contribution in [-0.4, -0.2) is 44.3 Å². The molecule has 17 heavy (non-hydrogen) atoms. The summed E-state index contributed by atoms with van der Waals surface area (Å²) in [4.78, 5) is 2.13. The third-order valence-electron chi connectivity index (χ3n) is 2.62. The second kappa shape index (κ2) is 8.75. The van der Waals surface area contributed by atoms with Crippen molar-refractivity contribution < 1.29 is 13.2 Å². The molecule has 0 aliphatic carbocycles. The van der Waals surface area contributed by atoms with E-state index in [0.717, 1.165) is 25.9 Å². The van der Waals surface area contributed by atoms with Gasteiger partial charge in [0.2, 0.25) is 0 Å². The van der Waals surface area contributed by atoms with Gasteiger partial charge >= 0.3 is 6.18 Å². The number of rotatable bonds is 9. The van der Waals surface area contributed by atoms with Crippen LogP contribution in [0.1, 0.15) is 39.0 Å². The summed E-state index contributed by atoms with van der Waals surface area (Å²) >= 11 is 0. The van der Waals surface area contributed by atoms with E-state index >= 15 is 0 Å². The number of nitrogens with one attached hydrogen (secondary N) is 1. The Bertz CT molecular complexity index is 181. The maximum Gasteiger partial charge on any atom is 0.389 e. The molecular weight excluding hydrogens is 229 g/mol. The van der Waals surface area contributed by atoms with Crippen LogP contribution in [0.15, 0.2) is 0 Å². The molecule has 0 aromatic carbocycles. The molecule has 0 aliphatic rings. The molecule has 0 radical (unpaired) electrons. The van der Waals surface area contributed by atoms with Crippen molar-refractivity contribution >= 4 is 0 Å². The van der Waals surface area contributed by atoms with E-state index in [1.165, 1.54) is 0 Å². The van der Waals surface area contributed by atoms with Gasteiger partial charge in [0.05, 0.1) is 0 Å². The lowest BCUT2D eigenvalue weighted by Crippen LogP contribution is -2.28. The summed E-state index contributed by atoms with van der Waals surface area (Å²) in [7, 11) is 4.07. The Hall–Kier alpha value is -0.290. The molecule has 0 saturated heterocycles. The van der Waals surface area contributed by atoms with Gasteiger partial charge < -0.3 is 10.2 Å². The average molecular weight is 254 g/mol. The molecule has 0 amide bonds. The van der Waals surface area contributed by atoms with E-state index in [2.05, 4.69) is 10.2 Å². The minimum atomic E-state index is -4.01. The molecule has 5 heteroatoms. The van der Waals surface area contributed by atoms with Crippen molar-refractivity contribution in [1.82, 2.24) is 10.2 Å². The highest BCUT2D eigenvalue weighted by atomic mass is 19.4. The third-order valence-corrected chi connectivity index (χ3v) is 2.62. The molecule has 0 heterocycles. The zero-order valence-corrected chi connectivity index (χ0v) is 11.1. The Labute approximate surface area is 103 Å². The number of hydrogen-bond acceptors (Lipinski definition) is 2.